The summed E-state index contributed by atoms with van der Waals surface area (Å²) in [5.74, 6) is 0.706. The number of carbonyl (C=O) groups is 1. The van der Waals surface area contributed by atoms with Crippen LogP contribution in [0.5, 0.6) is 0 Å². The van der Waals surface area contributed by atoms with Crippen molar-refractivity contribution in [2.75, 3.05) is 30.6 Å². The van der Waals surface area contributed by atoms with Gasteiger partial charge in [-0.25, -0.2) is 13.2 Å². The Hall–Kier alpha value is -1.05. The van der Waals surface area contributed by atoms with Crippen LogP contribution >= 0.6 is 11.8 Å². The fourth-order valence-corrected chi connectivity index (χ4v) is 4.18. The number of nitrogens with two attached hydrogens (primary N) is 1. The van der Waals surface area contributed by atoms with Gasteiger partial charge in [-0.1, -0.05) is 30.3 Å². The molecule has 0 aromatic heterocycles. The van der Waals surface area contributed by atoms with Crippen LogP contribution in [0.15, 0.2) is 30.3 Å². The van der Waals surface area contributed by atoms with Gasteiger partial charge in [-0.05, 0) is 17.7 Å². The van der Waals surface area contributed by atoms with Crippen LogP contribution < -0.4 is 5.73 Å². The molecule has 1 atom stereocenters. The molecule has 0 aliphatic heterocycles. The van der Waals surface area contributed by atoms with E-state index in [0.29, 0.717) is 23.5 Å². The molecule has 1 aromatic carbocycles. The largest absolute Gasteiger partial charge is 0.467 e. The molecular formula is C14H21NO4S2. The van der Waals surface area contributed by atoms with Gasteiger partial charge in [-0.15, -0.1) is 0 Å². The number of thioether (sulfide) groups is 1. The van der Waals surface area contributed by atoms with Crippen LogP contribution in [0.2, 0.25) is 0 Å². The number of methoxy groups -OCH3 is 1. The molecule has 1 aromatic rings. The van der Waals surface area contributed by atoms with E-state index in [1.807, 2.05) is 18.2 Å². The van der Waals surface area contributed by atoms with E-state index in [0.717, 1.165) is 0 Å². The Kier molecular flexibility index (Phi) is 6.70. The van der Waals surface area contributed by atoms with Crippen LogP contribution in [0.25, 0.3) is 0 Å². The van der Waals surface area contributed by atoms with Gasteiger partial charge in [0, 0.05) is 12.0 Å². The molecule has 5 nitrogen and oxygen atoms in total. The molecule has 21 heavy (non-hydrogen) atoms. The fourth-order valence-electron chi connectivity index (χ4n) is 1.83. The van der Waals surface area contributed by atoms with Gasteiger partial charge in [0.1, 0.15) is 15.4 Å². The van der Waals surface area contributed by atoms with E-state index in [1.165, 1.54) is 25.1 Å². The zero-order chi connectivity index (χ0) is 15.9. The van der Waals surface area contributed by atoms with E-state index >= 15 is 0 Å². The second-order valence-electron chi connectivity index (χ2n) is 4.82. The average Bonchev–Trinajstić information content (AvgIpc) is 2.45. The van der Waals surface area contributed by atoms with Gasteiger partial charge < -0.3 is 10.5 Å². The Morgan fingerprint density at radius 1 is 1.29 bits per heavy atom. The van der Waals surface area contributed by atoms with Crippen LogP contribution in [-0.2, 0) is 24.9 Å². The maximum atomic E-state index is 12.0. The first-order valence-electron chi connectivity index (χ1n) is 6.48. The molecule has 0 aliphatic carbocycles. The molecule has 1 unspecified atom stereocenters. The lowest BCUT2D eigenvalue weighted by Crippen LogP contribution is -2.46. The standard InChI is InChI=1S/C14H21NO4S2/c1-19-13(16)14(15,12-6-4-3-5-7-12)8-9-20-10-11-21(2,17)18/h3-7H,8-11,15H2,1-2H3. The highest BCUT2D eigenvalue weighted by molar-refractivity contribution is 8.00. The molecule has 0 spiro atoms. The van der Waals surface area contributed by atoms with Crippen molar-refractivity contribution < 1.29 is 17.9 Å². The molecule has 7 heteroatoms. The van der Waals surface area contributed by atoms with Gasteiger partial charge in [0.25, 0.3) is 0 Å². The smallest absolute Gasteiger partial charge is 0.330 e. The molecule has 1 rings (SSSR count). The summed E-state index contributed by atoms with van der Waals surface area (Å²) < 4.78 is 26.9. The molecule has 0 saturated heterocycles. The van der Waals surface area contributed by atoms with Crippen molar-refractivity contribution in [2.45, 2.75) is 12.0 Å². The molecule has 2 N–H and O–H groups in total. The summed E-state index contributed by atoms with van der Waals surface area (Å²) in [6, 6.07) is 9.06. The van der Waals surface area contributed by atoms with Crippen LogP contribution in [0.1, 0.15) is 12.0 Å². The third-order valence-corrected chi connectivity index (χ3v) is 5.27. The third kappa shape index (κ3) is 5.68. The number of hydrogen-bond donors (Lipinski definition) is 1. The Bertz CT molecular complexity index is 560. The summed E-state index contributed by atoms with van der Waals surface area (Å²) >= 11 is 1.46. The minimum Gasteiger partial charge on any atom is -0.467 e. The molecule has 0 aliphatic rings. The highest BCUT2D eigenvalue weighted by Gasteiger charge is 2.36. The molecule has 0 heterocycles. The second-order valence-corrected chi connectivity index (χ2v) is 8.31. The number of esters is 1. The van der Waals surface area contributed by atoms with Gasteiger partial charge >= 0.3 is 5.97 Å². The minimum atomic E-state index is -2.96. The monoisotopic (exact) mass is 331 g/mol. The van der Waals surface area contributed by atoms with E-state index in [4.69, 9.17) is 10.5 Å². The van der Waals surface area contributed by atoms with E-state index in [1.54, 1.807) is 12.1 Å². The predicted octanol–water partition coefficient (Wildman–Crippen LogP) is 1.18. The molecule has 118 valence electrons. The number of ether oxygens (including phenoxy) is 1. The van der Waals surface area contributed by atoms with Gasteiger partial charge in [0.15, 0.2) is 0 Å². The van der Waals surface area contributed by atoms with Crippen LogP contribution in [0.3, 0.4) is 0 Å². The Balaban J connectivity index is 2.66. The first kappa shape index (κ1) is 18.0. The number of rotatable bonds is 8. The summed E-state index contributed by atoms with van der Waals surface area (Å²) in [6.45, 7) is 0. The summed E-state index contributed by atoms with van der Waals surface area (Å²) in [6.07, 6.45) is 1.59. The van der Waals surface area contributed by atoms with Crippen molar-refractivity contribution in [3.8, 4) is 0 Å². The molecule has 0 bridgehead atoms. The number of sulfone groups is 1. The lowest BCUT2D eigenvalue weighted by molar-refractivity contribution is -0.147. The second kappa shape index (κ2) is 7.82. The highest BCUT2D eigenvalue weighted by Crippen LogP contribution is 2.25. The maximum Gasteiger partial charge on any atom is 0.330 e. The quantitative estimate of drug-likeness (QED) is 0.569. The first-order valence-corrected chi connectivity index (χ1v) is 9.69. The summed E-state index contributed by atoms with van der Waals surface area (Å²) in [5, 5.41) is 0. The Morgan fingerprint density at radius 2 is 1.90 bits per heavy atom. The number of benzene rings is 1. The van der Waals surface area contributed by atoms with E-state index in [-0.39, 0.29) is 5.75 Å². The molecule has 0 saturated carbocycles. The van der Waals surface area contributed by atoms with Crippen molar-refractivity contribution in [1.82, 2.24) is 0 Å². The molecule has 0 radical (unpaired) electrons. The SMILES string of the molecule is COC(=O)C(N)(CCSCCS(C)(=O)=O)c1ccccc1. The van der Waals surface area contributed by atoms with Gasteiger partial charge in [-0.3, -0.25) is 0 Å². The van der Waals surface area contributed by atoms with Crippen molar-refractivity contribution in [3.05, 3.63) is 35.9 Å². The van der Waals surface area contributed by atoms with Gasteiger partial charge in [0.05, 0.1) is 12.9 Å². The summed E-state index contributed by atoms with van der Waals surface area (Å²) in [5.41, 5.74) is 5.73. The lowest BCUT2D eigenvalue weighted by Gasteiger charge is -2.26. The fraction of sp³-hybridized carbons (Fsp3) is 0.500. The van der Waals surface area contributed by atoms with Crippen molar-refractivity contribution in [2.24, 2.45) is 5.73 Å². The van der Waals surface area contributed by atoms with Crippen molar-refractivity contribution in [1.29, 1.82) is 0 Å². The number of hydrogen-bond acceptors (Lipinski definition) is 6. The van der Waals surface area contributed by atoms with Gasteiger partial charge in [-0.2, -0.15) is 11.8 Å². The van der Waals surface area contributed by atoms with Crippen LogP contribution in [0, 0.1) is 0 Å². The first-order chi connectivity index (χ1) is 9.79. The topological polar surface area (TPSA) is 86.5 Å². The van der Waals surface area contributed by atoms with E-state index in [2.05, 4.69) is 0 Å². The average molecular weight is 331 g/mol. The summed E-state index contributed by atoms with van der Waals surface area (Å²) in [4.78, 5) is 12.0. The highest BCUT2D eigenvalue weighted by atomic mass is 32.2. The maximum absolute atomic E-state index is 12.0. The van der Waals surface area contributed by atoms with E-state index < -0.39 is 21.3 Å². The van der Waals surface area contributed by atoms with Crippen molar-refractivity contribution in [3.63, 3.8) is 0 Å². The molecule has 0 fully saturated rings. The Labute approximate surface area is 130 Å². The summed E-state index contributed by atoms with van der Waals surface area (Å²) in [7, 11) is -1.65. The zero-order valence-electron chi connectivity index (χ0n) is 12.2. The normalized spacial score (nSPS) is 14.4. The lowest BCUT2D eigenvalue weighted by atomic mass is 9.88. The molecule has 0 amide bonds. The third-order valence-electron chi connectivity index (χ3n) is 3.08. The van der Waals surface area contributed by atoms with Crippen molar-refractivity contribution >= 4 is 27.6 Å². The minimum absolute atomic E-state index is 0.124. The predicted molar refractivity (Wildman–Crippen MR) is 86.0 cm³/mol. The Morgan fingerprint density at radius 3 is 2.43 bits per heavy atom. The van der Waals surface area contributed by atoms with Crippen LogP contribution in [-0.4, -0.2) is 45.0 Å². The number of carbonyl (C=O) groups excluding carboxylic acids is 1. The molecular weight excluding hydrogens is 310 g/mol. The van der Waals surface area contributed by atoms with Crippen LogP contribution in [0.4, 0.5) is 0 Å². The van der Waals surface area contributed by atoms with Gasteiger partial charge in [0.2, 0.25) is 0 Å². The zero-order valence-corrected chi connectivity index (χ0v) is 13.9. The van der Waals surface area contributed by atoms with E-state index in [9.17, 15) is 13.2 Å².